The Kier molecular flexibility index (Phi) is 5.14. The maximum Gasteiger partial charge on any atom is 0.176 e. The Morgan fingerprint density at radius 2 is 1.94 bits per heavy atom. The van der Waals surface area contributed by atoms with Crippen molar-refractivity contribution in [1.82, 2.24) is 0 Å². The van der Waals surface area contributed by atoms with Crippen molar-refractivity contribution in [2.75, 3.05) is 14.2 Å². The second kappa shape index (κ2) is 5.93. The summed E-state index contributed by atoms with van der Waals surface area (Å²) in [6.45, 7) is 0. The van der Waals surface area contributed by atoms with Gasteiger partial charge in [-0.2, -0.15) is 0 Å². The molecule has 0 fully saturated rings. The lowest BCUT2D eigenvalue weighted by Crippen LogP contribution is -2.30. The van der Waals surface area contributed by atoms with Gasteiger partial charge in [0.1, 0.15) is 5.82 Å². The van der Waals surface area contributed by atoms with Crippen molar-refractivity contribution in [2.45, 2.75) is 12.3 Å². The first-order valence-corrected chi connectivity index (χ1v) is 5.64. The minimum Gasteiger partial charge on any atom is -0.354 e. The third-order valence-corrected chi connectivity index (χ3v) is 3.44. The third kappa shape index (κ3) is 2.73. The van der Waals surface area contributed by atoms with E-state index in [1.165, 1.54) is 14.2 Å². The van der Waals surface area contributed by atoms with Crippen LogP contribution >= 0.6 is 27.5 Å². The predicted molar refractivity (Wildman–Crippen MR) is 63.8 cm³/mol. The molecular weight excluding hydrogens is 300 g/mol. The highest BCUT2D eigenvalue weighted by atomic mass is 79.9. The number of ether oxygens (including phenoxy) is 2. The Hall–Kier alpha value is -0.200. The summed E-state index contributed by atoms with van der Waals surface area (Å²) in [4.78, 5) is 0. The van der Waals surface area contributed by atoms with Crippen LogP contribution in [0.25, 0.3) is 0 Å². The Bertz CT molecular complexity index is 374. The van der Waals surface area contributed by atoms with Crippen LogP contribution in [0.3, 0.4) is 0 Å². The molecule has 0 bridgehead atoms. The Labute approximate surface area is 107 Å². The third-order valence-electron chi connectivity index (χ3n) is 2.18. The van der Waals surface area contributed by atoms with Gasteiger partial charge in [-0.15, -0.1) is 0 Å². The molecular formula is C10H12BrClFNO2. The monoisotopic (exact) mass is 311 g/mol. The van der Waals surface area contributed by atoms with Crippen LogP contribution < -0.4 is 5.73 Å². The molecule has 0 aliphatic rings. The van der Waals surface area contributed by atoms with Crippen molar-refractivity contribution < 1.29 is 13.9 Å². The standard InChI is InChI=1S/C10H12BrClFNO2/c1-15-10(16-2)9(14)5-3-4-6(11)7(12)8(5)13/h3-4,9-10H,14H2,1-2H3. The zero-order chi connectivity index (χ0) is 12.3. The van der Waals surface area contributed by atoms with Gasteiger partial charge in [0.05, 0.1) is 11.1 Å². The van der Waals surface area contributed by atoms with Crippen molar-refractivity contribution >= 4 is 27.5 Å². The van der Waals surface area contributed by atoms with Crippen molar-refractivity contribution in [3.63, 3.8) is 0 Å². The van der Waals surface area contributed by atoms with E-state index in [1.54, 1.807) is 12.1 Å². The molecule has 0 radical (unpaired) electrons. The van der Waals surface area contributed by atoms with Crippen LogP contribution in [0.4, 0.5) is 4.39 Å². The van der Waals surface area contributed by atoms with Crippen LogP contribution in [-0.4, -0.2) is 20.5 Å². The van der Waals surface area contributed by atoms with Gasteiger partial charge >= 0.3 is 0 Å². The highest BCUT2D eigenvalue weighted by Gasteiger charge is 2.23. The fraction of sp³-hybridized carbons (Fsp3) is 0.400. The van der Waals surface area contributed by atoms with Gasteiger partial charge in [0.25, 0.3) is 0 Å². The van der Waals surface area contributed by atoms with Gasteiger partial charge in [-0.1, -0.05) is 17.7 Å². The SMILES string of the molecule is COC(OC)C(N)c1ccc(Br)c(Cl)c1F. The molecule has 6 heteroatoms. The summed E-state index contributed by atoms with van der Waals surface area (Å²) in [6.07, 6.45) is -0.716. The summed E-state index contributed by atoms with van der Waals surface area (Å²) < 4.78 is 24.2. The van der Waals surface area contributed by atoms with Gasteiger partial charge in [0.2, 0.25) is 0 Å². The van der Waals surface area contributed by atoms with E-state index in [1.807, 2.05) is 0 Å². The first-order chi connectivity index (χ1) is 7.52. The first-order valence-electron chi connectivity index (χ1n) is 4.47. The molecule has 0 aliphatic carbocycles. The number of rotatable bonds is 4. The van der Waals surface area contributed by atoms with Crippen LogP contribution in [0.2, 0.25) is 5.02 Å². The van der Waals surface area contributed by atoms with Crippen molar-refractivity contribution in [3.05, 3.63) is 33.0 Å². The smallest absolute Gasteiger partial charge is 0.176 e. The number of benzene rings is 1. The fourth-order valence-electron chi connectivity index (χ4n) is 1.33. The molecule has 1 aromatic carbocycles. The highest BCUT2D eigenvalue weighted by Crippen LogP contribution is 2.31. The molecule has 0 aliphatic heterocycles. The number of methoxy groups -OCH3 is 2. The molecule has 0 spiro atoms. The van der Waals surface area contributed by atoms with Gasteiger partial charge in [-0.05, 0) is 22.0 Å². The number of hydrogen-bond donors (Lipinski definition) is 1. The molecule has 16 heavy (non-hydrogen) atoms. The molecule has 0 amide bonds. The average Bonchev–Trinajstić information content (AvgIpc) is 2.27. The van der Waals surface area contributed by atoms with Gasteiger partial charge in [-0.25, -0.2) is 4.39 Å². The summed E-state index contributed by atoms with van der Waals surface area (Å²) in [5, 5.41) is -0.00101. The summed E-state index contributed by atoms with van der Waals surface area (Å²) in [5.41, 5.74) is 6.07. The Morgan fingerprint density at radius 3 is 2.44 bits per heavy atom. The van der Waals surface area contributed by atoms with Crippen LogP contribution in [0.15, 0.2) is 16.6 Å². The fourth-order valence-corrected chi connectivity index (χ4v) is 1.81. The minimum absolute atomic E-state index is 0.00101. The van der Waals surface area contributed by atoms with Gasteiger partial charge in [0.15, 0.2) is 6.29 Å². The highest BCUT2D eigenvalue weighted by molar-refractivity contribution is 9.10. The molecule has 0 saturated heterocycles. The number of halogens is 3. The average molecular weight is 313 g/mol. The molecule has 1 rings (SSSR count). The van der Waals surface area contributed by atoms with Crippen LogP contribution in [0, 0.1) is 5.82 Å². The van der Waals surface area contributed by atoms with Crippen LogP contribution in [-0.2, 0) is 9.47 Å². The molecule has 1 unspecified atom stereocenters. The van der Waals surface area contributed by atoms with E-state index in [9.17, 15) is 4.39 Å². The number of nitrogens with two attached hydrogens (primary N) is 1. The second-order valence-corrected chi connectivity index (χ2v) is 4.36. The molecule has 1 atom stereocenters. The van der Waals surface area contributed by atoms with Gasteiger partial charge < -0.3 is 15.2 Å². The van der Waals surface area contributed by atoms with Gasteiger partial charge in [-0.3, -0.25) is 0 Å². The summed E-state index contributed by atoms with van der Waals surface area (Å²) in [6, 6.07) is 2.44. The van der Waals surface area contributed by atoms with E-state index in [-0.39, 0.29) is 10.6 Å². The van der Waals surface area contributed by atoms with E-state index >= 15 is 0 Å². The van der Waals surface area contributed by atoms with E-state index in [0.717, 1.165) is 0 Å². The van der Waals surface area contributed by atoms with Crippen molar-refractivity contribution in [1.29, 1.82) is 0 Å². The maximum atomic E-state index is 13.8. The molecule has 0 saturated carbocycles. The molecule has 2 N–H and O–H groups in total. The zero-order valence-corrected chi connectivity index (χ0v) is 11.2. The van der Waals surface area contributed by atoms with E-state index < -0.39 is 18.1 Å². The molecule has 90 valence electrons. The topological polar surface area (TPSA) is 44.5 Å². The Morgan fingerprint density at radius 1 is 1.38 bits per heavy atom. The lowest BCUT2D eigenvalue weighted by molar-refractivity contribution is -0.117. The van der Waals surface area contributed by atoms with Crippen LogP contribution in [0.1, 0.15) is 11.6 Å². The quantitative estimate of drug-likeness (QED) is 0.687. The molecule has 0 heterocycles. The zero-order valence-electron chi connectivity index (χ0n) is 8.84. The van der Waals surface area contributed by atoms with E-state index in [4.69, 9.17) is 26.8 Å². The molecule has 1 aromatic rings. The Balaban J connectivity index is 3.09. The second-order valence-electron chi connectivity index (χ2n) is 3.13. The van der Waals surface area contributed by atoms with Gasteiger partial charge in [0, 0.05) is 24.3 Å². The minimum atomic E-state index is -0.736. The van der Waals surface area contributed by atoms with E-state index in [0.29, 0.717) is 4.47 Å². The summed E-state index contributed by atoms with van der Waals surface area (Å²) >= 11 is 8.88. The van der Waals surface area contributed by atoms with Crippen LogP contribution in [0.5, 0.6) is 0 Å². The largest absolute Gasteiger partial charge is 0.354 e. The normalized spacial score (nSPS) is 13.2. The van der Waals surface area contributed by atoms with E-state index in [2.05, 4.69) is 15.9 Å². The lowest BCUT2D eigenvalue weighted by atomic mass is 10.1. The lowest BCUT2D eigenvalue weighted by Gasteiger charge is -2.22. The van der Waals surface area contributed by atoms with Crippen molar-refractivity contribution in [3.8, 4) is 0 Å². The molecule has 3 nitrogen and oxygen atoms in total. The molecule has 0 aromatic heterocycles. The number of hydrogen-bond acceptors (Lipinski definition) is 3. The first kappa shape index (κ1) is 13.9. The maximum absolute atomic E-state index is 13.8. The van der Waals surface area contributed by atoms with Crippen molar-refractivity contribution in [2.24, 2.45) is 5.73 Å². The predicted octanol–water partition coefficient (Wildman–Crippen LogP) is 2.86. The summed E-state index contributed by atoms with van der Waals surface area (Å²) in [7, 11) is 2.87. The summed E-state index contributed by atoms with van der Waals surface area (Å²) in [5.74, 6) is -0.567.